The highest BCUT2D eigenvalue weighted by Crippen LogP contribution is 2.23. The molecule has 0 aromatic rings. The van der Waals surface area contributed by atoms with Gasteiger partial charge in [-0.15, -0.1) is 0 Å². The van der Waals surface area contributed by atoms with Crippen molar-refractivity contribution >= 4 is 13.4 Å². The molecule has 0 bridgehead atoms. The average molecular weight is 228 g/mol. The zero-order valence-electron chi connectivity index (χ0n) is 10.3. The summed E-state index contributed by atoms with van der Waals surface area (Å²) in [4.78, 5) is 18.0. The second-order valence-electron chi connectivity index (χ2n) is 5.47. The summed E-state index contributed by atoms with van der Waals surface area (Å²) in [5.74, 6) is -0.0852. The third kappa shape index (κ3) is 2.96. The van der Waals surface area contributed by atoms with Gasteiger partial charge in [0.25, 0.3) is 0 Å². The SMILES string of the molecule is CC(C)(C)C(N)C(=O)N1CCCC1BOO. The molecule has 1 heterocycles. The Morgan fingerprint density at radius 3 is 2.75 bits per heavy atom. The molecule has 0 aliphatic carbocycles. The van der Waals surface area contributed by atoms with Crippen LogP contribution in [-0.2, 0) is 9.60 Å². The Balaban J connectivity index is 2.66. The van der Waals surface area contributed by atoms with Crippen molar-refractivity contribution < 1.29 is 14.9 Å². The molecule has 6 heteroatoms. The van der Waals surface area contributed by atoms with Crippen LogP contribution in [0.15, 0.2) is 0 Å². The molecule has 2 atom stereocenters. The van der Waals surface area contributed by atoms with Crippen molar-refractivity contribution in [2.75, 3.05) is 6.54 Å². The van der Waals surface area contributed by atoms with Crippen molar-refractivity contribution in [3.8, 4) is 0 Å². The van der Waals surface area contributed by atoms with Gasteiger partial charge in [-0.05, 0) is 18.3 Å². The molecule has 92 valence electrons. The minimum Gasteiger partial charge on any atom is -0.343 e. The van der Waals surface area contributed by atoms with Crippen LogP contribution in [0.3, 0.4) is 0 Å². The molecule has 0 spiro atoms. The average Bonchev–Trinajstić information content (AvgIpc) is 2.63. The third-order valence-electron chi connectivity index (χ3n) is 3.13. The molecule has 0 saturated carbocycles. The van der Waals surface area contributed by atoms with Gasteiger partial charge in [0.15, 0.2) is 0 Å². The van der Waals surface area contributed by atoms with E-state index in [1.807, 2.05) is 20.8 Å². The van der Waals surface area contributed by atoms with Crippen LogP contribution in [0.2, 0.25) is 0 Å². The van der Waals surface area contributed by atoms with E-state index in [2.05, 4.69) is 4.81 Å². The van der Waals surface area contributed by atoms with E-state index in [4.69, 9.17) is 11.0 Å². The van der Waals surface area contributed by atoms with E-state index in [1.54, 1.807) is 4.90 Å². The first kappa shape index (κ1) is 13.5. The van der Waals surface area contributed by atoms with Gasteiger partial charge in [-0.25, -0.2) is 0 Å². The first-order chi connectivity index (χ1) is 7.38. The molecule has 1 fully saturated rings. The van der Waals surface area contributed by atoms with Crippen molar-refractivity contribution in [1.82, 2.24) is 4.90 Å². The molecule has 1 rings (SSSR count). The minimum atomic E-state index is -0.508. The van der Waals surface area contributed by atoms with Crippen LogP contribution in [0.1, 0.15) is 33.6 Å². The summed E-state index contributed by atoms with van der Waals surface area (Å²) >= 11 is 0. The number of nitrogens with two attached hydrogens (primary N) is 1. The molecule has 5 nitrogen and oxygen atoms in total. The van der Waals surface area contributed by atoms with E-state index in [0.717, 1.165) is 12.8 Å². The van der Waals surface area contributed by atoms with Crippen LogP contribution in [0.5, 0.6) is 0 Å². The number of likely N-dealkylation sites (tertiary alicyclic amines) is 1. The van der Waals surface area contributed by atoms with Gasteiger partial charge in [0.05, 0.1) is 6.04 Å². The molecular formula is C10H21BN2O3. The summed E-state index contributed by atoms with van der Waals surface area (Å²) in [6.45, 7) is 6.55. The second-order valence-corrected chi connectivity index (χ2v) is 5.47. The smallest absolute Gasteiger partial charge is 0.343 e. The summed E-state index contributed by atoms with van der Waals surface area (Å²) in [5, 5.41) is 8.46. The van der Waals surface area contributed by atoms with Crippen LogP contribution in [0.4, 0.5) is 0 Å². The van der Waals surface area contributed by atoms with Gasteiger partial charge in [-0.1, -0.05) is 20.8 Å². The van der Waals surface area contributed by atoms with Gasteiger partial charge in [-0.2, -0.15) is 0 Å². The van der Waals surface area contributed by atoms with Crippen LogP contribution in [0, 0.1) is 5.41 Å². The number of hydrogen-bond acceptors (Lipinski definition) is 4. The molecule has 2 unspecified atom stereocenters. The van der Waals surface area contributed by atoms with Gasteiger partial charge < -0.3 is 15.4 Å². The van der Waals surface area contributed by atoms with E-state index >= 15 is 0 Å². The Labute approximate surface area is 97.1 Å². The number of amides is 1. The van der Waals surface area contributed by atoms with E-state index in [1.165, 1.54) is 0 Å². The lowest BCUT2D eigenvalue weighted by Crippen LogP contribution is -2.53. The van der Waals surface area contributed by atoms with Crippen molar-refractivity contribution in [3.05, 3.63) is 0 Å². The maximum atomic E-state index is 12.1. The fourth-order valence-electron chi connectivity index (χ4n) is 1.93. The fourth-order valence-corrected chi connectivity index (χ4v) is 1.93. The number of rotatable bonds is 3. The normalized spacial score (nSPS) is 23.3. The third-order valence-corrected chi connectivity index (χ3v) is 3.13. The largest absolute Gasteiger partial charge is 0.345 e. The summed E-state index contributed by atoms with van der Waals surface area (Å²) in [6.07, 6.45) is 1.81. The highest BCUT2D eigenvalue weighted by atomic mass is 17.1. The van der Waals surface area contributed by atoms with Crippen LogP contribution in [0.25, 0.3) is 0 Å². The minimum absolute atomic E-state index is 0.0362. The fraction of sp³-hybridized carbons (Fsp3) is 0.900. The Kier molecular flexibility index (Phi) is 4.35. The second kappa shape index (κ2) is 5.16. The number of hydrogen-bond donors (Lipinski definition) is 2. The Morgan fingerprint density at radius 2 is 2.25 bits per heavy atom. The van der Waals surface area contributed by atoms with Gasteiger partial charge in [0, 0.05) is 12.5 Å². The molecule has 16 heavy (non-hydrogen) atoms. The molecule has 3 N–H and O–H groups in total. The molecular weight excluding hydrogens is 207 g/mol. The summed E-state index contributed by atoms with van der Waals surface area (Å²) in [5.41, 5.74) is 5.69. The maximum Gasteiger partial charge on any atom is 0.345 e. The van der Waals surface area contributed by atoms with Crippen molar-refractivity contribution in [2.24, 2.45) is 11.1 Å². The van der Waals surface area contributed by atoms with Gasteiger partial charge in [0.1, 0.15) is 0 Å². The summed E-state index contributed by atoms with van der Waals surface area (Å²) in [7, 11) is 0.169. The van der Waals surface area contributed by atoms with Crippen LogP contribution in [-0.4, -0.2) is 42.1 Å². The molecule has 0 radical (unpaired) electrons. The summed E-state index contributed by atoms with van der Waals surface area (Å²) < 4.78 is 0. The lowest BCUT2D eigenvalue weighted by Gasteiger charge is -2.32. The van der Waals surface area contributed by atoms with Crippen molar-refractivity contribution in [2.45, 2.75) is 45.6 Å². The van der Waals surface area contributed by atoms with Gasteiger partial charge in [-0.3, -0.25) is 10.1 Å². The van der Waals surface area contributed by atoms with Gasteiger partial charge >= 0.3 is 7.48 Å². The number of carbonyl (C=O) groups excluding carboxylic acids is 1. The highest BCUT2D eigenvalue weighted by Gasteiger charge is 2.37. The predicted octanol–water partition coefficient (Wildman–Crippen LogP) is 0.149. The standard InChI is InChI=1S/C10H21BN2O3/c1-10(2,3)8(12)9(14)13-6-4-5-7(13)11-16-15/h7-8,11,15H,4-6,12H2,1-3H3. The first-order valence-electron chi connectivity index (χ1n) is 5.70. The van der Waals surface area contributed by atoms with Crippen molar-refractivity contribution in [3.63, 3.8) is 0 Å². The molecule has 1 amide bonds. The van der Waals surface area contributed by atoms with Crippen LogP contribution < -0.4 is 5.73 Å². The van der Waals surface area contributed by atoms with Gasteiger partial charge in [0.2, 0.25) is 5.91 Å². The topological polar surface area (TPSA) is 75.8 Å². The quantitative estimate of drug-likeness (QED) is 0.409. The first-order valence-corrected chi connectivity index (χ1v) is 5.70. The Hall–Kier alpha value is -0.585. The highest BCUT2D eigenvalue weighted by molar-refractivity contribution is 6.30. The monoisotopic (exact) mass is 228 g/mol. The number of carbonyl (C=O) groups is 1. The lowest BCUT2D eigenvalue weighted by atomic mass is 9.83. The van der Waals surface area contributed by atoms with E-state index in [9.17, 15) is 4.79 Å². The van der Waals surface area contributed by atoms with E-state index in [0.29, 0.717) is 6.54 Å². The Morgan fingerprint density at radius 1 is 1.62 bits per heavy atom. The van der Waals surface area contributed by atoms with E-state index in [-0.39, 0.29) is 24.7 Å². The predicted molar refractivity (Wildman–Crippen MR) is 63.0 cm³/mol. The molecule has 1 saturated heterocycles. The van der Waals surface area contributed by atoms with Crippen molar-refractivity contribution in [1.29, 1.82) is 0 Å². The van der Waals surface area contributed by atoms with E-state index < -0.39 is 6.04 Å². The van der Waals surface area contributed by atoms with Crippen LogP contribution >= 0.6 is 0 Å². The maximum absolute atomic E-state index is 12.1. The molecule has 0 aromatic carbocycles. The lowest BCUT2D eigenvalue weighted by molar-refractivity contribution is -0.145. The molecule has 1 aliphatic rings. The number of nitrogens with zero attached hydrogens (tertiary/aromatic N) is 1. The molecule has 0 aromatic heterocycles. The molecule has 1 aliphatic heterocycles. The zero-order valence-corrected chi connectivity index (χ0v) is 10.3. The zero-order chi connectivity index (χ0) is 12.3. The summed E-state index contributed by atoms with van der Waals surface area (Å²) in [6, 6.07) is -0.508. The Bertz CT molecular complexity index is 255.